The van der Waals surface area contributed by atoms with E-state index in [1.54, 1.807) is 19.9 Å². The number of fused-ring (bicyclic) bond motifs is 1. The maximum Gasteiger partial charge on any atom is 0.154 e. The molecular weight excluding hydrogens is 331 g/mol. The van der Waals surface area contributed by atoms with E-state index in [1.165, 1.54) is 6.26 Å². The fourth-order valence-corrected chi connectivity index (χ4v) is 2.86. The number of alkyl halides is 1. The Kier molecular flexibility index (Phi) is 4.57. The van der Waals surface area contributed by atoms with Crippen molar-refractivity contribution in [1.29, 1.82) is 0 Å². The van der Waals surface area contributed by atoms with E-state index in [0.29, 0.717) is 29.4 Å². The van der Waals surface area contributed by atoms with Crippen molar-refractivity contribution >= 4 is 44.1 Å². The molecule has 0 amide bonds. The molecule has 116 valence electrons. The number of aromatic nitrogens is 2. The molecule has 4 nitrogen and oxygen atoms in total. The predicted octanol–water partition coefficient (Wildman–Crippen LogP) is 3.29. The zero-order chi connectivity index (χ0) is 15.8. The molecule has 0 unspecified atom stereocenters. The molecule has 0 atom stereocenters. The van der Waals surface area contributed by atoms with Crippen molar-refractivity contribution in [3.8, 4) is 0 Å². The van der Waals surface area contributed by atoms with E-state index in [0.717, 1.165) is 11.3 Å². The molecule has 2 rings (SSSR count). The van der Waals surface area contributed by atoms with Gasteiger partial charge in [-0.3, -0.25) is 0 Å². The first-order valence-electron chi connectivity index (χ1n) is 6.56. The van der Waals surface area contributed by atoms with Crippen LogP contribution in [0, 0.1) is 0 Å². The van der Waals surface area contributed by atoms with Gasteiger partial charge in [0.2, 0.25) is 0 Å². The van der Waals surface area contributed by atoms with Gasteiger partial charge in [-0.2, -0.15) is 0 Å². The van der Waals surface area contributed by atoms with Gasteiger partial charge in [0.05, 0.1) is 15.3 Å². The summed E-state index contributed by atoms with van der Waals surface area (Å²) in [6.45, 7) is 3.74. The number of benzene rings is 1. The lowest BCUT2D eigenvalue weighted by Gasteiger charge is -2.24. The van der Waals surface area contributed by atoms with Gasteiger partial charge >= 0.3 is 0 Å². The van der Waals surface area contributed by atoms with Crippen LogP contribution < -0.4 is 0 Å². The van der Waals surface area contributed by atoms with Crippen LogP contribution in [0.25, 0.3) is 11.0 Å². The molecule has 7 heteroatoms. The number of hydrogen-bond donors (Lipinski definition) is 0. The van der Waals surface area contributed by atoms with Crippen molar-refractivity contribution in [2.75, 3.05) is 12.1 Å². The van der Waals surface area contributed by atoms with Crippen LogP contribution in [0.2, 0.25) is 5.02 Å². The van der Waals surface area contributed by atoms with Crippen LogP contribution in [-0.4, -0.2) is 34.9 Å². The maximum atomic E-state index is 12.0. The smallest absolute Gasteiger partial charge is 0.154 e. The Morgan fingerprint density at radius 2 is 2.00 bits per heavy atom. The van der Waals surface area contributed by atoms with E-state index in [4.69, 9.17) is 23.2 Å². The maximum absolute atomic E-state index is 12.0. The summed E-state index contributed by atoms with van der Waals surface area (Å²) in [6.07, 6.45) is 1.81. The average Bonchev–Trinajstić information content (AvgIpc) is 2.68. The molecule has 2 aromatic rings. The molecular formula is C14H18Cl2N2O2S. The van der Waals surface area contributed by atoms with Gasteiger partial charge in [0.15, 0.2) is 9.84 Å². The van der Waals surface area contributed by atoms with Gasteiger partial charge in [0, 0.05) is 25.1 Å². The van der Waals surface area contributed by atoms with Gasteiger partial charge in [-0.1, -0.05) is 17.7 Å². The first-order chi connectivity index (χ1) is 9.67. The number of hydrogen-bond acceptors (Lipinski definition) is 3. The molecule has 0 saturated carbocycles. The molecule has 0 N–H and O–H groups in total. The quantitative estimate of drug-likeness (QED) is 0.779. The lowest BCUT2D eigenvalue weighted by Crippen LogP contribution is -2.36. The molecule has 1 aromatic carbocycles. The van der Waals surface area contributed by atoms with E-state index in [1.807, 2.05) is 16.7 Å². The van der Waals surface area contributed by atoms with Crippen LogP contribution in [0.3, 0.4) is 0 Å². The second-order valence-electron chi connectivity index (χ2n) is 5.69. The van der Waals surface area contributed by atoms with Gasteiger partial charge in [-0.15, -0.1) is 11.6 Å². The second kappa shape index (κ2) is 5.78. The van der Waals surface area contributed by atoms with E-state index in [2.05, 4.69) is 4.98 Å². The van der Waals surface area contributed by atoms with Crippen LogP contribution >= 0.6 is 23.2 Å². The van der Waals surface area contributed by atoms with E-state index < -0.39 is 14.6 Å². The fourth-order valence-electron chi connectivity index (χ4n) is 2.11. The van der Waals surface area contributed by atoms with E-state index >= 15 is 0 Å². The molecule has 0 radical (unpaired) electrons. The number of halogens is 2. The Balaban J connectivity index is 2.61. The number of rotatable bonds is 5. The lowest BCUT2D eigenvalue weighted by molar-refractivity contribution is 0.501. The summed E-state index contributed by atoms with van der Waals surface area (Å²) in [5, 5.41) is 0.555. The summed E-state index contributed by atoms with van der Waals surface area (Å²) in [6, 6.07) is 5.50. The molecule has 0 aliphatic heterocycles. The van der Waals surface area contributed by atoms with E-state index in [-0.39, 0.29) is 0 Å². The first kappa shape index (κ1) is 16.6. The number of para-hydroxylation sites is 1. The predicted molar refractivity (Wildman–Crippen MR) is 88.1 cm³/mol. The Labute approximate surface area is 135 Å². The largest absolute Gasteiger partial charge is 0.326 e. The normalized spacial score (nSPS) is 13.0. The number of nitrogens with zero attached hydrogens (tertiary/aromatic N) is 2. The van der Waals surface area contributed by atoms with Crippen molar-refractivity contribution < 1.29 is 8.42 Å². The van der Waals surface area contributed by atoms with Gasteiger partial charge < -0.3 is 4.57 Å². The number of aryl methyl sites for hydroxylation is 1. The van der Waals surface area contributed by atoms with Crippen LogP contribution in [0.1, 0.15) is 19.7 Å². The molecule has 0 saturated heterocycles. The highest BCUT2D eigenvalue weighted by Crippen LogP contribution is 2.27. The minimum atomic E-state index is -3.20. The lowest BCUT2D eigenvalue weighted by atomic mass is 10.2. The topological polar surface area (TPSA) is 52.0 Å². The van der Waals surface area contributed by atoms with Gasteiger partial charge in [0.1, 0.15) is 11.3 Å². The van der Waals surface area contributed by atoms with Crippen LogP contribution in [0.5, 0.6) is 0 Å². The number of imidazole rings is 1. The summed E-state index contributed by atoms with van der Waals surface area (Å²) in [5.74, 6) is 1.17. The van der Waals surface area contributed by atoms with Crippen LogP contribution in [0.4, 0.5) is 0 Å². The third-order valence-corrected chi connectivity index (χ3v) is 6.30. The second-order valence-corrected chi connectivity index (χ2v) is 9.13. The minimum Gasteiger partial charge on any atom is -0.326 e. The summed E-state index contributed by atoms with van der Waals surface area (Å²) in [7, 11) is -3.20. The summed E-state index contributed by atoms with van der Waals surface area (Å²) < 4.78 is 24.9. The Hall–Kier alpha value is -0.780. The Bertz CT molecular complexity index is 767. The number of sulfone groups is 1. The Morgan fingerprint density at radius 1 is 1.33 bits per heavy atom. The minimum absolute atomic E-state index is 0.314. The molecule has 21 heavy (non-hydrogen) atoms. The molecule has 0 bridgehead atoms. The molecule has 1 aromatic heterocycles. The highest BCUT2D eigenvalue weighted by atomic mass is 35.5. The van der Waals surface area contributed by atoms with Crippen molar-refractivity contribution in [2.45, 2.75) is 31.6 Å². The van der Waals surface area contributed by atoms with Gasteiger partial charge in [-0.25, -0.2) is 13.4 Å². The third-order valence-electron chi connectivity index (χ3n) is 3.67. The standard InChI is InChI=1S/C14H18Cl2N2O2S/c1-14(2,21(3,19)20)9-18-11-6-4-5-10(16)13(11)17-12(18)7-8-15/h4-6H,7-9H2,1-3H3. The fraction of sp³-hybridized carbons (Fsp3) is 0.500. The van der Waals surface area contributed by atoms with Gasteiger partial charge in [-0.05, 0) is 26.0 Å². The zero-order valence-corrected chi connectivity index (χ0v) is 14.6. The molecule has 0 spiro atoms. The van der Waals surface area contributed by atoms with Crippen LogP contribution in [0.15, 0.2) is 18.2 Å². The van der Waals surface area contributed by atoms with Crippen LogP contribution in [-0.2, 0) is 22.8 Å². The van der Waals surface area contributed by atoms with Crippen molar-refractivity contribution in [1.82, 2.24) is 9.55 Å². The van der Waals surface area contributed by atoms with Crippen molar-refractivity contribution in [2.24, 2.45) is 0 Å². The summed E-state index contributed by atoms with van der Waals surface area (Å²) >= 11 is 12.0. The summed E-state index contributed by atoms with van der Waals surface area (Å²) in [4.78, 5) is 4.52. The molecule has 1 heterocycles. The molecule has 0 aliphatic carbocycles. The van der Waals surface area contributed by atoms with Gasteiger partial charge in [0.25, 0.3) is 0 Å². The zero-order valence-electron chi connectivity index (χ0n) is 12.2. The monoisotopic (exact) mass is 348 g/mol. The highest BCUT2D eigenvalue weighted by Gasteiger charge is 2.32. The van der Waals surface area contributed by atoms with Crippen molar-refractivity contribution in [3.63, 3.8) is 0 Å². The molecule has 0 aliphatic rings. The first-order valence-corrected chi connectivity index (χ1v) is 9.37. The third kappa shape index (κ3) is 3.20. The molecule has 0 fully saturated rings. The van der Waals surface area contributed by atoms with Crippen molar-refractivity contribution in [3.05, 3.63) is 29.0 Å². The average molecular weight is 349 g/mol. The Morgan fingerprint density at radius 3 is 2.57 bits per heavy atom. The summed E-state index contributed by atoms with van der Waals surface area (Å²) in [5.41, 5.74) is 1.52. The highest BCUT2D eigenvalue weighted by molar-refractivity contribution is 7.92. The van der Waals surface area contributed by atoms with E-state index in [9.17, 15) is 8.42 Å². The SMILES string of the molecule is CC(C)(Cn1c(CCCl)nc2c(Cl)cccc21)S(C)(=O)=O.